The minimum Gasteiger partial charge on any atom is -0.384 e. The second kappa shape index (κ2) is 7.02. The van der Waals surface area contributed by atoms with Crippen LogP contribution < -0.4 is 10.0 Å². The van der Waals surface area contributed by atoms with Crippen molar-refractivity contribution in [1.82, 2.24) is 9.71 Å². The molecule has 1 heterocycles. The highest BCUT2D eigenvalue weighted by molar-refractivity contribution is 7.89. The zero-order chi connectivity index (χ0) is 15.3. The number of thiazole rings is 1. The maximum atomic E-state index is 12.5. The molecule has 0 spiro atoms. The van der Waals surface area contributed by atoms with Gasteiger partial charge in [-0.25, -0.2) is 18.1 Å². The van der Waals surface area contributed by atoms with Crippen molar-refractivity contribution in [2.45, 2.75) is 31.2 Å². The van der Waals surface area contributed by atoms with Crippen molar-refractivity contribution in [3.8, 4) is 0 Å². The highest BCUT2D eigenvalue weighted by Gasteiger charge is 2.22. The van der Waals surface area contributed by atoms with Crippen LogP contribution in [-0.2, 0) is 10.0 Å². The van der Waals surface area contributed by atoms with E-state index < -0.39 is 10.0 Å². The maximum absolute atomic E-state index is 12.5. The maximum Gasteiger partial charge on any atom is 0.243 e. The van der Waals surface area contributed by atoms with E-state index in [0.29, 0.717) is 5.69 Å². The van der Waals surface area contributed by atoms with Gasteiger partial charge >= 0.3 is 0 Å². The van der Waals surface area contributed by atoms with Crippen molar-refractivity contribution in [3.63, 3.8) is 0 Å². The van der Waals surface area contributed by atoms with Gasteiger partial charge in [0, 0.05) is 18.1 Å². The van der Waals surface area contributed by atoms with Crippen molar-refractivity contribution < 1.29 is 8.42 Å². The number of hydrogen-bond acceptors (Lipinski definition) is 5. The topological polar surface area (TPSA) is 71.1 Å². The molecule has 0 amide bonds. The Hall–Kier alpha value is -1.44. The highest BCUT2D eigenvalue weighted by atomic mass is 32.2. The lowest BCUT2D eigenvalue weighted by atomic mass is 10.3. The Morgan fingerprint density at radius 1 is 1.33 bits per heavy atom. The first-order valence-electron chi connectivity index (χ1n) is 6.79. The van der Waals surface area contributed by atoms with E-state index in [4.69, 9.17) is 0 Å². The van der Waals surface area contributed by atoms with Gasteiger partial charge in [-0.15, -0.1) is 11.3 Å². The van der Waals surface area contributed by atoms with Gasteiger partial charge in [0.05, 0.1) is 11.7 Å². The van der Waals surface area contributed by atoms with E-state index in [9.17, 15) is 8.42 Å². The molecular weight excluding hydrogens is 306 g/mol. The molecule has 0 aliphatic rings. The molecule has 0 aliphatic carbocycles. The average Bonchev–Trinajstić information content (AvgIpc) is 2.99. The molecule has 0 bridgehead atoms. The van der Waals surface area contributed by atoms with Crippen molar-refractivity contribution in [3.05, 3.63) is 40.8 Å². The van der Waals surface area contributed by atoms with Crippen LogP contribution in [0.15, 0.2) is 40.7 Å². The zero-order valence-electron chi connectivity index (χ0n) is 12.0. The Kier molecular flexibility index (Phi) is 5.33. The predicted molar refractivity (Wildman–Crippen MR) is 86.1 cm³/mol. The zero-order valence-corrected chi connectivity index (χ0v) is 13.7. The van der Waals surface area contributed by atoms with Crippen LogP contribution in [0, 0.1) is 0 Å². The number of rotatable bonds is 7. The van der Waals surface area contributed by atoms with E-state index in [2.05, 4.69) is 15.0 Å². The van der Waals surface area contributed by atoms with Crippen molar-refractivity contribution in [2.24, 2.45) is 0 Å². The number of nitrogens with zero attached hydrogens (tertiary/aromatic N) is 1. The van der Waals surface area contributed by atoms with Crippen LogP contribution in [0.4, 0.5) is 5.69 Å². The molecule has 0 saturated heterocycles. The molecule has 2 rings (SSSR count). The standard InChI is InChI=1S/C14H19N3O2S2/c1-3-8-15-12-6-4-5-7-13(12)21(18,19)17-11(2)14-16-9-10-20-14/h4-7,9-11,15,17H,3,8H2,1-2H3. The second-order valence-electron chi connectivity index (χ2n) is 4.64. The highest BCUT2D eigenvalue weighted by Crippen LogP contribution is 2.23. The van der Waals surface area contributed by atoms with E-state index in [1.165, 1.54) is 11.3 Å². The largest absolute Gasteiger partial charge is 0.384 e. The molecule has 1 aromatic carbocycles. The first-order valence-corrected chi connectivity index (χ1v) is 9.15. The van der Waals surface area contributed by atoms with Gasteiger partial charge in [-0.05, 0) is 25.5 Å². The molecule has 0 aliphatic heterocycles. The molecule has 0 radical (unpaired) electrons. The Balaban J connectivity index is 2.23. The number of sulfonamides is 1. The van der Waals surface area contributed by atoms with E-state index >= 15 is 0 Å². The van der Waals surface area contributed by atoms with Crippen LogP contribution in [0.2, 0.25) is 0 Å². The fourth-order valence-corrected chi connectivity index (χ4v) is 4.01. The molecule has 2 aromatic rings. The van der Waals surface area contributed by atoms with E-state index in [1.54, 1.807) is 31.3 Å². The van der Waals surface area contributed by atoms with E-state index in [-0.39, 0.29) is 10.9 Å². The van der Waals surface area contributed by atoms with E-state index in [0.717, 1.165) is 18.0 Å². The summed E-state index contributed by atoms with van der Waals surface area (Å²) in [4.78, 5) is 4.41. The summed E-state index contributed by atoms with van der Waals surface area (Å²) in [5.41, 5.74) is 0.623. The summed E-state index contributed by atoms with van der Waals surface area (Å²) in [7, 11) is -3.59. The van der Waals surface area contributed by atoms with Crippen molar-refractivity contribution in [2.75, 3.05) is 11.9 Å². The SMILES string of the molecule is CCCNc1ccccc1S(=O)(=O)NC(C)c1nccs1. The van der Waals surface area contributed by atoms with Crippen LogP contribution >= 0.6 is 11.3 Å². The molecule has 1 unspecified atom stereocenters. The Bertz CT molecular complexity index is 669. The number of para-hydroxylation sites is 1. The third-order valence-electron chi connectivity index (χ3n) is 2.90. The van der Waals surface area contributed by atoms with Crippen LogP contribution in [0.25, 0.3) is 0 Å². The lowest BCUT2D eigenvalue weighted by Crippen LogP contribution is -2.27. The number of aromatic nitrogens is 1. The smallest absolute Gasteiger partial charge is 0.243 e. The fraction of sp³-hybridized carbons (Fsp3) is 0.357. The quantitative estimate of drug-likeness (QED) is 0.821. The van der Waals surface area contributed by atoms with Gasteiger partial charge in [-0.3, -0.25) is 0 Å². The molecular formula is C14H19N3O2S2. The number of nitrogens with one attached hydrogen (secondary N) is 2. The molecule has 5 nitrogen and oxygen atoms in total. The van der Waals surface area contributed by atoms with Crippen LogP contribution in [0.1, 0.15) is 31.3 Å². The fourth-order valence-electron chi connectivity index (χ4n) is 1.90. The first-order chi connectivity index (χ1) is 10.0. The summed E-state index contributed by atoms with van der Waals surface area (Å²) >= 11 is 1.43. The lowest BCUT2D eigenvalue weighted by Gasteiger charge is -2.15. The number of anilines is 1. The molecule has 114 valence electrons. The summed E-state index contributed by atoms with van der Waals surface area (Å²) in [6.45, 7) is 4.56. The van der Waals surface area contributed by atoms with Gasteiger partial charge in [0.25, 0.3) is 0 Å². The van der Waals surface area contributed by atoms with Crippen molar-refractivity contribution >= 4 is 27.0 Å². The third kappa shape index (κ3) is 4.03. The number of benzene rings is 1. The van der Waals surface area contributed by atoms with Gasteiger partial charge in [-0.1, -0.05) is 19.1 Å². The van der Waals surface area contributed by atoms with Gasteiger partial charge in [-0.2, -0.15) is 0 Å². The Morgan fingerprint density at radius 3 is 2.76 bits per heavy atom. The normalized spacial score (nSPS) is 13.0. The average molecular weight is 325 g/mol. The summed E-state index contributed by atoms with van der Waals surface area (Å²) in [6, 6.07) is 6.57. The summed E-state index contributed by atoms with van der Waals surface area (Å²) in [5, 5.41) is 5.72. The molecule has 1 aromatic heterocycles. The van der Waals surface area contributed by atoms with Gasteiger partial charge in [0.1, 0.15) is 9.90 Å². The summed E-state index contributed by atoms with van der Waals surface area (Å²) in [6.07, 6.45) is 2.60. The van der Waals surface area contributed by atoms with Crippen LogP contribution in [0.3, 0.4) is 0 Å². The minimum atomic E-state index is -3.59. The van der Waals surface area contributed by atoms with Crippen LogP contribution in [-0.4, -0.2) is 19.9 Å². The van der Waals surface area contributed by atoms with E-state index in [1.807, 2.05) is 18.4 Å². The minimum absolute atomic E-state index is 0.266. The monoisotopic (exact) mass is 325 g/mol. The van der Waals surface area contributed by atoms with Crippen molar-refractivity contribution in [1.29, 1.82) is 0 Å². The Labute approximate surface area is 129 Å². The van der Waals surface area contributed by atoms with Crippen LogP contribution in [0.5, 0.6) is 0 Å². The molecule has 1 atom stereocenters. The molecule has 2 N–H and O–H groups in total. The molecule has 0 saturated carbocycles. The Morgan fingerprint density at radius 2 is 2.10 bits per heavy atom. The second-order valence-corrected chi connectivity index (χ2v) is 7.24. The van der Waals surface area contributed by atoms with Gasteiger partial charge in [0.15, 0.2) is 0 Å². The third-order valence-corrected chi connectivity index (χ3v) is 5.45. The molecule has 21 heavy (non-hydrogen) atoms. The number of hydrogen-bond donors (Lipinski definition) is 2. The molecule has 7 heteroatoms. The van der Waals surface area contributed by atoms with Gasteiger partial charge < -0.3 is 5.32 Å². The summed E-state index contributed by atoms with van der Waals surface area (Å²) < 4.78 is 27.8. The molecule has 0 fully saturated rings. The lowest BCUT2D eigenvalue weighted by molar-refractivity contribution is 0.566. The first kappa shape index (κ1) is 15.9. The van der Waals surface area contributed by atoms with Gasteiger partial charge in [0.2, 0.25) is 10.0 Å². The summed E-state index contributed by atoms with van der Waals surface area (Å²) in [5.74, 6) is 0. The predicted octanol–water partition coefficient (Wildman–Crippen LogP) is 3.00.